The van der Waals surface area contributed by atoms with Gasteiger partial charge >= 0.3 is 6.18 Å². The lowest BCUT2D eigenvalue weighted by Crippen LogP contribution is -2.22. The third-order valence-corrected chi connectivity index (χ3v) is 4.44. The highest BCUT2D eigenvalue weighted by atomic mass is 19.4. The van der Waals surface area contributed by atoms with Crippen molar-refractivity contribution in [3.05, 3.63) is 71.2 Å². The summed E-state index contributed by atoms with van der Waals surface area (Å²) in [6.45, 7) is -0.193. The highest BCUT2D eigenvalue weighted by molar-refractivity contribution is 5.93. The molecule has 4 heterocycles. The number of aromatic nitrogens is 5. The van der Waals surface area contributed by atoms with Crippen LogP contribution in [0.15, 0.2) is 60.0 Å². The largest absolute Gasteiger partial charge is 0.417 e. The third-order valence-electron chi connectivity index (χ3n) is 4.44. The normalized spacial score (nSPS) is 11.7. The maximum atomic E-state index is 12.9. The molecule has 10 heteroatoms. The molecule has 0 radical (unpaired) electrons. The summed E-state index contributed by atoms with van der Waals surface area (Å²) in [5.41, 5.74) is 0.357. The molecule has 1 N–H and O–H groups in total. The van der Waals surface area contributed by atoms with Crippen molar-refractivity contribution in [1.82, 2.24) is 24.5 Å². The van der Waals surface area contributed by atoms with Gasteiger partial charge in [0.15, 0.2) is 0 Å². The van der Waals surface area contributed by atoms with Gasteiger partial charge in [0.2, 0.25) is 0 Å². The number of rotatable bonds is 4. The number of halogens is 3. The van der Waals surface area contributed by atoms with Crippen LogP contribution in [0.5, 0.6) is 0 Å². The van der Waals surface area contributed by atoms with E-state index in [4.69, 9.17) is 5.11 Å². The number of pyridine rings is 3. The lowest BCUT2D eigenvalue weighted by molar-refractivity contribution is -0.137. The lowest BCUT2D eigenvalue weighted by atomic mass is 10.1. The van der Waals surface area contributed by atoms with Crippen molar-refractivity contribution in [2.24, 2.45) is 0 Å². The van der Waals surface area contributed by atoms with E-state index in [2.05, 4.69) is 19.9 Å². The molecule has 0 aliphatic heterocycles. The fraction of sp³-hybridized carbons (Fsp3) is 0.150. The van der Waals surface area contributed by atoms with E-state index in [-0.39, 0.29) is 29.9 Å². The van der Waals surface area contributed by atoms with Crippen LogP contribution in [0.3, 0.4) is 0 Å². The Kier molecular flexibility index (Phi) is 5.00. The molecular weight excluding hydrogens is 399 g/mol. The van der Waals surface area contributed by atoms with E-state index < -0.39 is 17.3 Å². The Morgan fingerprint density at radius 1 is 1.07 bits per heavy atom. The van der Waals surface area contributed by atoms with Crippen LogP contribution in [0.4, 0.5) is 13.2 Å². The number of alkyl halides is 3. The van der Waals surface area contributed by atoms with Crippen LogP contribution in [-0.2, 0) is 12.7 Å². The van der Waals surface area contributed by atoms with E-state index >= 15 is 0 Å². The van der Waals surface area contributed by atoms with E-state index in [9.17, 15) is 18.0 Å². The SMILES string of the molecule is O=c1c2cc(-c3ccc(C(F)(F)F)cn3)nc(-c3cccnc3)c2ncn1CCO. The number of fused-ring (bicyclic) bond motifs is 1. The lowest BCUT2D eigenvalue weighted by Gasteiger charge is -2.11. The maximum absolute atomic E-state index is 12.9. The fourth-order valence-corrected chi connectivity index (χ4v) is 2.98. The van der Waals surface area contributed by atoms with Gasteiger partial charge < -0.3 is 5.11 Å². The Hall–Kier alpha value is -3.66. The van der Waals surface area contributed by atoms with Crippen molar-refractivity contribution in [2.75, 3.05) is 6.61 Å². The Morgan fingerprint density at radius 3 is 2.53 bits per heavy atom. The van der Waals surface area contributed by atoms with E-state index in [0.717, 1.165) is 12.3 Å². The summed E-state index contributed by atoms with van der Waals surface area (Å²) >= 11 is 0. The molecule has 0 aliphatic carbocycles. The molecule has 0 atom stereocenters. The molecule has 0 aliphatic rings. The van der Waals surface area contributed by atoms with Crippen LogP contribution in [0.2, 0.25) is 0 Å². The average molecular weight is 413 g/mol. The van der Waals surface area contributed by atoms with Gasteiger partial charge in [-0.3, -0.25) is 19.3 Å². The van der Waals surface area contributed by atoms with Crippen molar-refractivity contribution in [1.29, 1.82) is 0 Å². The molecule has 4 rings (SSSR count). The van der Waals surface area contributed by atoms with Crippen LogP contribution in [-0.4, -0.2) is 36.2 Å². The van der Waals surface area contributed by atoms with Crippen molar-refractivity contribution in [3.8, 4) is 22.6 Å². The monoisotopic (exact) mass is 413 g/mol. The van der Waals surface area contributed by atoms with Gasteiger partial charge in [-0.15, -0.1) is 0 Å². The van der Waals surface area contributed by atoms with E-state index in [1.165, 1.54) is 23.0 Å². The minimum atomic E-state index is -4.51. The van der Waals surface area contributed by atoms with Crippen LogP contribution in [0.25, 0.3) is 33.5 Å². The van der Waals surface area contributed by atoms with Gasteiger partial charge in [-0.25, -0.2) is 9.97 Å². The van der Waals surface area contributed by atoms with Crippen molar-refractivity contribution in [2.45, 2.75) is 12.7 Å². The van der Waals surface area contributed by atoms with E-state index in [1.807, 2.05) is 0 Å². The molecule has 30 heavy (non-hydrogen) atoms. The predicted octanol–water partition coefficient (Wildman–Crippen LogP) is 2.93. The minimum absolute atomic E-state index is 0.0557. The topological polar surface area (TPSA) is 93.8 Å². The summed E-state index contributed by atoms with van der Waals surface area (Å²) < 4.78 is 39.8. The molecule has 0 saturated carbocycles. The van der Waals surface area contributed by atoms with Gasteiger partial charge in [0.25, 0.3) is 5.56 Å². The van der Waals surface area contributed by atoms with Gasteiger partial charge in [0.05, 0.1) is 47.5 Å². The Labute approximate surface area is 167 Å². The number of hydrogen-bond donors (Lipinski definition) is 1. The summed E-state index contributed by atoms with van der Waals surface area (Å²) in [4.78, 5) is 29.6. The highest BCUT2D eigenvalue weighted by Gasteiger charge is 2.30. The first-order valence-electron chi connectivity index (χ1n) is 8.83. The van der Waals surface area contributed by atoms with E-state index in [0.29, 0.717) is 16.8 Å². The quantitative estimate of drug-likeness (QED) is 0.553. The van der Waals surface area contributed by atoms with Crippen LogP contribution >= 0.6 is 0 Å². The summed E-state index contributed by atoms with van der Waals surface area (Å²) in [7, 11) is 0. The molecule has 0 unspecified atom stereocenters. The second-order valence-corrected chi connectivity index (χ2v) is 6.39. The smallest absolute Gasteiger partial charge is 0.395 e. The second kappa shape index (κ2) is 7.64. The van der Waals surface area contributed by atoms with Crippen molar-refractivity contribution in [3.63, 3.8) is 0 Å². The molecule has 4 aromatic heterocycles. The first-order valence-corrected chi connectivity index (χ1v) is 8.83. The Morgan fingerprint density at radius 2 is 1.90 bits per heavy atom. The summed E-state index contributed by atoms with van der Waals surface area (Å²) in [6.07, 6.45) is 0.656. The van der Waals surface area contributed by atoms with Crippen molar-refractivity contribution >= 4 is 10.9 Å². The first kappa shape index (κ1) is 19.6. The molecule has 0 amide bonds. The van der Waals surface area contributed by atoms with E-state index in [1.54, 1.807) is 24.5 Å². The highest BCUT2D eigenvalue weighted by Crippen LogP contribution is 2.31. The third kappa shape index (κ3) is 3.64. The molecule has 0 fully saturated rings. The Balaban J connectivity index is 1.96. The van der Waals surface area contributed by atoms with Crippen LogP contribution in [0, 0.1) is 0 Å². The zero-order valence-corrected chi connectivity index (χ0v) is 15.3. The molecular formula is C20H14F3N5O2. The van der Waals surface area contributed by atoms with Crippen LogP contribution in [0.1, 0.15) is 5.56 Å². The zero-order valence-electron chi connectivity index (χ0n) is 15.3. The van der Waals surface area contributed by atoms with Crippen LogP contribution < -0.4 is 5.56 Å². The number of aliphatic hydroxyl groups excluding tert-OH is 1. The fourth-order valence-electron chi connectivity index (χ4n) is 2.98. The summed E-state index contributed by atoms with van der Waals surface area (Å²) in [5, 5.41) is 9.37. The van der Waals surface area contributed by atoms with Gasteiger partial charge in [0, 0.05) is 24.2 Å². The number of nitrogens with zero attached hydrogens (tertiary/aromatic N) is 5. The zero-order chi connectivity index (χ0) is 21.3. The summed E-state index contributed by atoms with van der Waals surface area (Å²) in [5.74, 6) is 0. The number of aliphatic hydroxyl groups is 1. The van der Waals surface area contributed by atoms with Crippen molar-refractivity contribution < 1.29 is 18.3 Å². The number of hydrogen-bond acceptors (Lipinski definition) is 6. The van der Waals surface area contributed by atoms with Gasteiger partial charge in [-0.2, -0.15) is 13.2 Å². The molecule has 0 saturated heterocycles. The first-order chi connectivity index (χ1) is 14.4. The second-order valence-electron chi connectivity index (χ2n) is 6.39. The molecule has 0 spiro atoms. The standard InChI is InChI=1S/C20H14F3N5O2/c21-20(22,23)13-3-4-15(25-10-13)16-8-14-18(26-11-28(6-7-29)19(14)30)17(27-16)12-2-1-5-24-9-12/h1-5,8-11,29H,6-7H2. The van der Waals surface area contributed by atoms with Gasteiger partial charge in [-0.1, -0.05) is 0 Å². The maximum Gasteiger partial charge on any atom is 0.417 e. The predicted molar refractivity (Wildman–Crippen MR) is 102 cm³/mol. The van der Waals surface area contributed by atoms with Gasteiger partial charge in [-0.05, 0) is 30.3 Å². The molecule has 0 aromatic carbocycles. The minimum Gasteiger partial charge on any atom is -0.395 e. The molecule has 152 valence electrons. The molecule has 7 nitrogen and oxygen atoms in total. The Bertz CT molecular complexity index is 1260. The van der Waals surface area contributed by atoms with Gasteiger partial charge in [0.1, 0.15) is 5.52 Å². The molecule has 4 aromatic rings. The molecule has 0 bridgehead atoms. The average Bonchev–Trinajstić information content (AvgIpc) is 2.75. The summed E-state index contributed by atoms with van der Waals surface area (Å²) in [6, 6.07) is 6.98.